The molecular formula is C20H19ClN4O. The molecule has 1 aliphatic heterocycles. The van der Waals surface area contributed by atoms with Crippen LogP contribution in [0.25, 0.3) is 0 Å². The second kappa shape index (κ2) is 6.92. The molecule has 4 rings (SSSR count). The van der Waals surface area contributed by atoms with Crippen LogP contribution in [0.4, 0.5) is 5.95 Å². The van der Waals surface area contributed by atoms with Crippen LogP contribution in [-0.4, -0.2) is 20.7 Å². The van der Waals surface area contributed by atoms with Crippen molar-refractivity contribution < 1.29 is 4.79 Å². The maximum absolute atomic E-state index is 12.7. The van der Waals surface area contributed by atoms with Crippen molar-refractivity contribution in [2.24, 2.45) is 0 Å². The van der Waals surface area contributed by atoms with Crippen LogP contribution < -0.4 is 4.90 Å². The second-order valence-electron chi connectivity index (χ2n) is 6.35. The molecule has 3 aromatic rings. The Morgan fingerprint density at radius 1 is 1.08 bits per heavy atom. The SMILES string of the molecule is CCC(=O)N1c2ncnn2[C@@H](c2ccc(Cl)cc2)C[C@@H]1c1ccccc1. The molecule has 5 nitrogen and oxygen atoms in total. The standard InChI is InChI=1S/C20H19ClN4O/c1-2-19(26)24-17(14-6-4-3-5-7-14)12-18(25-20(24)22-13-23-25)15-8-10-16(21)11-9-15/h3-11,13,17-18H,2,12H2,1H3/t17-,18-/m1/s1. The molecule has 1 amide bonds. The Balaban J connectivity index is 1.83. The maximum atomic E-state index is 12.7. The monoisotopic (exact) mass is 366 g/mol. The van der Waals surface area contributed by atoms with E-state index in [1.807, 2.05) is 54.1 Å². The summed E-state index contributed by atoms with van der Waals surface area (Å²) in [6.45, 7) is 1.87. The lowest BCUT2D eigenvalue weighted by atomic mass is 9.92. The lowest BCUT2D eigenvalue weighted by Crippen LogP contribution is -2.42. The van der Waals surface area contributed by atoms with Crippen LogP contribution in [0.3, 0.4) is 0 Å². The highest BCUT2D eigenvalue weighted by Gasteiger charge is 2.38. The number of anilines is 1. The van der Waals surface area contributed by atoms with Crippen LogP contribution in [-0.2, 0) is 4.79 Å². The molecule has 0 radical (unpaired) electrons. The molecule has 0 aliphatic carbocycles. The van der Waals surface area contributed by atoms with E-state index in [4.69, 9.17) is 11.6 Å². The Labute approximate surface area is 157 Å². The van der Waals surface area contributed by atoms with Gasteiger partial charge in [0.15, 0.2) is 0 Å². The predicted molar refractivity (Wildman–Crippen MR) is 101 cm³/mol. The van der Waals surface area contributed by atoms with Gasteiger partial charge in [-0.05, 0) is 29.7 Å². The van der Waals surface area contributed by atoms with Crippen molar-refractivity contribution in [2.45, 2.75) is 31.8 Å². The predicted octanol–water partition coefficient (Wildman–Crippen LogP) is 4.41. The number of benzene rings is 2. The number of nitrogens with zero attached hydrogens (tertiary/aromatic N) is 4. The normalized spacial score (nSPS) is 19.2. The zero-order chi connectivity index (χ0) is 18.1. The van der Waals surface area contributed by atoms with Gasteiger partial charge in [-0.2, -0.15) is 10.1 Å². The average molecular weight is 367 g/mol. The molecule has 2 atom stereocenters. The van der Waals surface area contributed by atoms with Crippen molar-refractivity contribution in [3.8, 4) is 0 Å². The highest BCUT2D eigenvalue weighted by Crippen LogP contribution is 2.42. The largest absolute Gasteiger partial charge is 0.274 e. The summed E-state index contributed by atoms with van der Waals surface area (Å²) in [4.78, 5) is 18.9. The molecule has 0 unspecified atom stereocenters. The molecular weight excluding hydrogens is 348 g/mol. The molecule has 132 valence electrons. The van der Waals surface area contributed by atoms with E-state index in [2.05, 4.69) is 22.2 Å². The number of carbonyl (C=O) groups excluding carboxylic acids is 1. The molecule has 0 bridgehead atoms. The van der Waals surface area contributed by atoms with Gasteiger partial charge in [0.2, 0.25) is 11.9 Å². The Kier molecular flexibility index (Phi) is 4.47. The van der Waals surface area contributed by atoms with E-state index in [0.717, 1.165) is 17.5 Å². The number of hydrogen-bond donors (Lipinski definition) is 0. The molecule has 0 saturated carbocycles. The Hall–Kier alpha value is -2.66. The van der Waals surface area contributed by atoms with E-state index in [1.54, 1.807) is 4.90 Å². The fourth-order valence-corrected chi connectivity index (χ4v) is 3.70. The van der Waals surface area contributed by atoms with Crippen molar-refractivity contribution in [2.75, 3.05) is 4.90 Å². The number of amides is 1. The third-order valence-electron chi connectivity index (χ3n) is 4.83. The number of fused-ring (bicyclic) bond motifs is 1. The summed E-state index contributed by atoms with van der Waals surface area (Å²) in [5.41, 5.74) is 2.20. The third kappa shape index (κ3) is 2.88. The topological polar surface area (TPSA) is 51.0 Å². The van der Waals surface area contributed by atoms with Gasteiger partial charge in [-0.1, -0.05) is 61.0 Å². The van der Waals surface area contributed by atoms with Crippen molar-refractivity contribution in [3.05, 3.63) is 77.1 Å². The first-order valence-electron chi connectivity index (χ1n) is 8.71. The van der Waals surface area contributed by atoms with Gasteiger partial charge in [-0.25, -0.2) is 4.68 Å². The van der Waals surface area contributed by atoms with Crippen molar-refractivity contribution in [3.63, 3.8) is 0 Å². The lowest BCUT2D eigenvalue weighted by Gasteiger charge is -2.39. The van der Waals surface area contributed by atoms with Gasteiger partial charge in [0.25, 0.3) is 0 Å². The average Bonchev–Trinajstić information content (AvgIpc) is 3.17. The molecule has 6 heteroatoms. The Morgan fingerprint density at radius 3 is 2.46 bits per heavy atom. The maximum Gasteiger partial charge on any atom is 0.231 e. The van der Waals surface area contributed by atoms with Crippen molar-refractivity contribution in [1.82, 2.24) is 14.8 Å². The summed E-state index contributed by atoms with van der Waals surface area (Å²) >= 11 is 6.05. The number of halogens is 1. The minimum atomic E-state index is -0.0824. The summed E-state index contributed by atoms with van der Waals surface area (Å²) in [5, 5.41) is 5.11. The highest BCUT2D eigenvalue weighted by molar-refractivity contribution is 6.30. The van der Waals surface area contributed by atoms with E-state index in [0.29, 0.717) is 17.4 Å². The molecule has 0 spiro atoms. The lowest BCUT2D eigenvalue weighted by molar-refractivity contribution is -0.119. The minimum absolute atomic E-state index is 0.00382. The zero-order valence-corrected chi connectivity index (χ0v) is 15.2. The van der Waals surface area contributed by atoms with Crippen molar-refractivity contribution in [1.29, 1.82) is 0 Å². The van der Waals surface area contributed by atoms with Crippen molar-refractivity contribution >= 4 is 23.5 Å². The molecule has 0 saturated heterocycles. The summed E-state index contributed by atoms with van der Waals surface area (Å²) in [7, 11) is 0. The number of hydrogen-bond acceptors (Lipinski definition) is 3. The smallest absolute Gasteiger partial charge is 0.231 e. The first-order valence-corrected chi connectivity index (χ1v) is 9.08. The molecule has 26 heavy (non-hydrogen) atoms. The molecule has 1 aliphatic rings. The summed E-state index contributed by atoms with van der Waals surface area (Å²) in [5.74, 6) is 0.638. The van der Waals surface area contributed by atoms with E-state index < -0.39 is 0 Å². The van der Waals surface area contributed by atoms with Gasteiger partial charge in [0.1, 0.15) is 6.33 Å². The van der Waals surface area contributed by atoms with Crippen LogP contribution in [0.2, 0.25) is 5.02 Å². The molecule has 1 aromatic heterocycles. The van der Waals surface area contributed by atoms with E-state index in [-0.39, 0.29) is 18.0 Å². The number of carbonyl (C=O) groups is 1. The number of aromatic nitrogens is 3. The fraction of sp³-hybridized carbons (Fsp3) is 0.250. The molecule has 2 heterocycles. The van der Waals surface area contributed by atoms with E-state index >= 15 is 0 Å². The Bertz CT molecular complexity index is 907. The van der Waals surface area contributed by atoms with Gasteiger partial charge in [-0.3, -0.25) is 9.69 Å². The van der Waals surface area contributed by atoms with Gasteiger partial charge in [0.05, 0.1) is 12.1 Å². The van der Waals surface area contributed by atoms with Crippen LogP contribution in [0.15, 0.2) is 60.9 Å². The fourth-order valence-electron chi connectivity index (χ4n) is 3.57. The summed E-state index contributed by atoms with van der Waals surface area (Å²) < 4.78 is 1.84. The Morgan fingerprint density at radius 2 is 1.77 bits per heavy atom. The molecule has 0 fully saturated rings. The quantitative estimate of drug-likeness (QED) is 0.690. The number of rotatable bonds is 3. The second-order valence-corrected chi connectivity index (χ2v) is 6.79. The van der Waals surface area contributed by atoms with E-state index in [9.17, 15) is 4.79 Å². The zero-order valence-electron chi connectivity index (χ0n) is 14.4. The first kappa shape index (κ1) is 16.8. The van der Waals surface area contributed by atoms with Crippen LogP contribution >= 0.6 is 11.6 Å². The van der Waals surface area contributed by atoms with E-state index in [1.165, 1.54) is 6.33 Å². The molecule has 0 N–H and O–H groups in total. The first-order chi connectivity index (χ1) is 12.7. The van der Waals surface area contributed by atoms with Crippen LogP contribution in [0.1, 0.15) is 43.0 Å². The van der Waals surface area contributed by atoms with Gasteiger partial charge in [-0.15, -0.1) is 0 Å². The van der Waals surface area contributed by atoms with Crippen LogP contribution in [0.5, 0.6) is 0 Å². The molecule has 2 aromatic carbocycles. The van der Waals surface area contributed by atoms with Crippen LogP contribution in [0, 0.1) is 0 Å². The highest BCUT2D eigenvalue weighted by atomic mass is 35.5. The summed E-state index contributed by atoms with van der Waals surface area (Å²) in [6.07, 6.45) is 2.66. The van der Waals surface area contributed by atoms with Gasteiger partial charge >= 0.3 is 0 Å². The van der Waals surface area contributed by atoms with Gasteiger partial charge < -0.3 is 0 Å². The summed E-state index contributed by atoms with van der Waals surface area (Å²) in [6, 6.07) is 17.8. The third-order valence-corrected chi connectivity index (χ3v) is 5.09. The minimum Gasteiger partial charge on any atom is -0.274 e. The van der Waals surface area contributed by atoms with Gasteiger partial charge in [0, 0.05) is 11.4 Å².